The molecule has 5 heteroatoms. The Labute approximate surface area is 169 Å². The van der Waals surface area contributed by atoms with E-state index >= 15 is 0 Å². The molecule has 0 saturated heterocycles. The molecule has 118 valence electrons. The van der Waals surface area contributed by atoms with Crippen LogP contribution in [0.25, 0.3) is 0 Å². The van der Waals surface area contributed by atoms with Crippen LogP contribution in [0.2, 0.25) is 0 Å². The maximum absolute atomic E-state index is 4.39. The maximum atomic E-state index is 4.39. The molecule has 0 atom stereocenters. The van der Waals surface area contributed by atoms with Gasteiger partial charge >= 0.3 is 26.2 Å². The molecular weight excluding hydrogens is 406 g/mol. The van der Waals surface area contributed by atoms with E-state index in [9.17, 15) is 0 Å². The van der Waals surface area contributed by atoms with Gasteiger partial charge in [-0.05, 0) is 37.1 Å². The summed E-state index contributed by atoms with van der Waals surface area (Å²) in [5, 5.41) is 0. The zero-order valence-corrected chi connectivity index (χ0v) is 17.2. The van der Waals surface area contributed by atoms with Crippen molar-refractivity contribution in [3.63, 3.8) is 0 Å². The van der Waals surface area contributed by atoms with Crippen LogP contribution in [0.5, 0.6) is 0 Å². The molecule has 0 amide bonds. The molecule has 0 aromatic carbocycles. The summed E-state index contributed by atoms with van der Waals surface area (Å²) in [7, 11) is 0. The molecule has 4 rings (SSSR count). The summed E-state index contributed by atoms with van der Waals surface area (Å²) in [6.07, 6.45) is 18.7. The monoisotopic (exact) mass is 422 g/mol. The van der Waals surface area contributed by atoms with Crippen molar-refractivity contribution in [2.75, 3.05) is 0 Å². The van der Waals surface area contributed by atoms with Gasteiger partial charge in [0.1, 0.15) is 0 Å². The number of fused-ring (bicyclic) bond motifs is 2. The van der Waals surface area contributed by atoms with Gasteiger partial charge < -0.3 is 24.8 Å². The van der Waals surface area contributed by atoms with Crippen molar-refractivity contribution in [1.82, 2.24) is 0 Å². The second-order valence-corrected chi connectivity index (χ2v) is 4.93. The first-order chi connectivity index (χ1) is 9.80. The fourth-order valence-electron chi connectivity index (χ4n) is 2.39. The maximum Gasteiger partial charge on any atom is 2.00 e. The van der Waals surface area contributed by atoms with E-state index < -0.39 is 0 Å². The molecule has 2 aliphatic heterocycles. The topological polar surface area (TPSA) is 24.7 Å². The van der Waals surface area contributed by atoms with Crippen molar-refractivity contribution in [2.24, 2.45) is 9.98 Å². The largest absolute Gasteiger partial charge is 2.00 e. The Morgan fingerprint density at radius 2 is 1.13 bits per heavy atom. The van der Waals surface area contributed by atoms with Crippen LogP contribution < -0.4 is 24.8 Å². The fourth-order valence-corrected chi connectivity index (χ4v) is 2.39. The zero-order valence-electron chi connectivity index (χ0n) is 13.2. The molecule has 0 spiro atoms. The van der Waals surface area contributed by atoms with Crippen LogP contribution in [0, 0.1) is 0 Å². The summed E-state index contributed by atoms with van der Waals surface area (Å²) in [5.74, 6) is 0. The molecule has 2 heterocycles. The predicted molar refractivity (Wildman–Crippen MR) is 86.1 cm³/mol. The minimum atomic E-state index is 0. The average molecular weight is 424 g/mol. The molecule has 0 aromatic rings. The van der Waals surface area contributed by atoms with Crippen molar-refractivity contribution in [3.05, 3.63) is 71.1 Å². The van der Waals surface area contributed by atoms with Crippen LogP contribution in [0.1, 0.15) is 26.7 Å². The number of allylic oxidation sites excluding steroid dienone is 8. The first kappa shape index (κ1) is 22.2. The first-order valence-electron chi connectivity index (χ1n) is 7.16. The summed E-state index contributed by atoms with van der Waals surface area (Å²) in [6, 6.07) is 0. The van der Waals surface area contributed by atoms with Crippen molar-refractivity contribution in [1.29, 1.82) is 0 Å². The van der Waals surface area contributed by atoms with Crippen molar-refractivity contribution >= 4 is 11.4 Å². The summed E-state index contributed by atoms with van der Waals surface area (Å²) >= 11 is 0. The van der Waals surface area contributed by atoms with Crippen LogP contribution in [-0.4, -0.2) is 11.4 Å². The third-order valence-corrected chi connectivity index (χ3v) is 3.55. The SMILES string of the molecule is CCC1=NC2=CC=CC2=C1.CCC1=NC2=CC=CC2=C1.[Cl-].[Cl-].[Zr+2]. The zero-order chi connectivity index (χ0) is 13.9. The van der Waals surface area contributed by atoms with Crippen molar-refractivity contribution < 1.29 is 51.0 Å². The Morgan fingerprint density at radius 1 is 0.739 bits per heavy atom. The Kier molecular flexibility index (Phi) is 9.84. The van der Waals surface area contributed by atoms with E-state index in [-0.39, 0.29) is 51.0 Å². The van der Waals surface area contributed by atoms with E-state index in [4.69, 9.17) is 0 Å². The number of nitrogens with zero attached hydrogens (tertiary/aromatic N) is 2. The molecule has 0 saturated carbocycles. The predicted octanol–water partition coefficient (Wildman–Crippen LogP) is -1.53. The Balaban J connectivity index is 0.000000372. The average Bonchev–Trinajstić information content (AvgIpc) is 3.17. The van der Waals surface area contributed by atoms with Crippen LogP contribution >= 0.6 is 0 Å². The quantitative estimate of drug-likeness (QED) is 0.514. The van der Waals surface area contributed by atoms with Crippen LogP contribution in [0.15, 0.2) is 81.1 Å². The number of hydrogen-bond acceptors (Lipinski definition) is 2. The van der Waals surface area contributed by atoms with E-state index in [1.54, 1.807) is 0 Å². The molecule has 0 aromatic heterocycles. The molecule has 4 aliphatic rings. The second-order valence-electron chi connectivity index (χ2n) is 4.93. The summed E-state index contributed by atoms with van der Waals surface area (Å²) in [4.78, 5) is 8.78. The van der Waals surface area contributed by atoms with Crippen LogP contribution in [0.4, 0.5) is 0 Å². The van der Waals surface area contributed by atoms with Gasteiger partial charge in [0.15, 0.2) is 0 Å². The van der Waals surface area contributed by atoms with E-state index in [0.29, 0.717) is 0 Å². The molecule has 0 bridgehead atoms. The van der Waals surface area contributed by atoms with Gasteiger partial charge in [0.05, 0.1) is 11.4 Å². The van der Waals surface area contributed by atoms with Crippen LogP contribution in [0.3, 0.4) is 0 Å². The molecule has 2 nitrogen and oxygen atoms in total. The van der Waals surface area contributed by atoms with Gasteiger partial charge in [-0.25, -0.2) is 0 Å². The summed E-state index contributed by atoms with van der Waals surface area (Å²) in [5.41, 5.74) is 7.22. The molecule has 0 radical (unpaired) electrons. The molecular formula is C18H18Cl2N2Zr. The number of rotatable bonds is 2. The number of halogens is 2. The Bertz CT molecular complexity index is 630. The van der Waals surface area contributed by atoms with E-state index in [0.717, 1.165) is 24.2 Å². The fraction of sp³-hybridized carbons (Fsp3) is 0.222. The molecule has 0 N–H and O–H groups in total. The molecule has 2 aliphatic carbocycles. The molecule has 23 heavy (non-hydrogen) atoms. The molecule has 0 unspecified atom stereocenters. The first-order valence-corrected chi connectivity index (χ1v) is 7.16. The standard InChI is InChI=1S/2C9H9N.2ClH.Zr/c2*1-2-8-6-7-4-3-5-9(7)10-8;;;/h2*3-6H,2H2,1H3;2*1H;/q;;;;+2/p-2. The molecule has 0 fully saturated rings. The summed E-state index contributed by atoms with van der Waals surface area (Å²) in [6.45, 7) is 4.25. The van der Waals surface area contributed by atoms with E-state index in [1.807, 2.05) is 12.2 Å². The summed E-state index contributed by atoms with van der Waals surface area (Å²) < 4.78 is 0. The van der Waals surface area contributed by atoms with Gasteiger partial charge in [-0.2, -0.15) is 0 Å². The van der Waals surface area contributed by atoms with Crippen LogP contribution in [-0.2, 0) is 26.2 Å². The minimum absolute atomic E-state index is 0. The van der Waals surface area contributed by atoms with E-state index in [1.165, 1.54) is 22.6 Å². The smallest absolute Gasteiger partial charge is 1.00 e. The van der Waals surface area contributed by atoms with Gasteiger partial charge in [-0.3, -0.25) is 9.98 Å². The third kappa shape index (κ3) is 5.11. The van der Waals surface area contributed by atoms with E-state index in [2.05, 4.69) is 60.3 Å². The Morgan fingerprint density at radius 3 is 1.43 bits per heavy atom. The normalized spacial score (nSPS) is 17.7. The van der Waals surface area contributed by atoms with Gasteiger partial charge in [-0.1, -0.05) is 38.2 Å². The minimum Gasteiger partial charge on any atom is -1.00 e. The number of hydrogen-bond donors (Lipinski definition) is 0. The van der Waals surface area contributed by atoms with Crippen molar-refractivity contribution in [2.45, 2.75) is 26.7 Å². The third-order valence-electron chi connectivity index (χ3n) is 3.55. The van der Waals surface area contributed by atoms with Gasteiger partial charge in [0.25, 0.3) is 0 Å². The number of aliphatic imine (C=N–C) groups is 2. The Hall–Kier alpha value is -0.757. The van der Waals surface area contributed by atoms with Gasteiger partial charge in [-0.15, -0.1) is 0 Å². The second kappa shape index (κ2) is 10.2. The van der Waals surface area contributed by atoms with Crippen molar-refractivity contribution in [3.8, 4) is 0 Å². The van der Waals surface area contributed by atoms with Gasteiger partial charge in [0, 0.05) is 22.6 Å². The van der Waals surface area contributed by atoms with Gasteiger partial charge in [0.2, 0.25) is 0 Å².